The van der Waals surface area contributed by atoms with Crippen LogP contribution in [0.2, 0.25) is 5.02 Å². The van der Waals surface area contributed by atoms with Gasteiger partial charge in [0.15, 0.2) is 0 Å². The second-order valence-corrected chi connectivity index (χ2v) is 16.9. The molecule has 0 unspecified atom stereocenters. The summed E-state index contributed by atoms with van der Waals surface area (Å²) < 4.78 is 46.0. The van der Waals surface area contributed by atoms with E-state index < -0.39 is 85.3 Å². The fraction of sp³-hybridized carbons (Fsp3) is 0.721. The molecule has 1 aliphatic heterocycles. The molecule has 1 aliphatic rings. The minimum atomic E-state index is -2.45. The molecule has 2 heterocycles. The van der Waals surface area contributed by atoms with Gasteiger partial charge in [0.1, 0.15) is 30.1 Å². The van der Waals surface area contributed by atoms with Crippen molar-refractivity contribution in [2.45, 2.75) is 114 Å². The SMILES string of the molecule is CC(C)(C)OC(=O)NCCOCCOCCOCCOCCn1cc(COCCCCCCO[C@]2(C(=O)O)C[C@H](O)[C@@H](NC(=O)CO)[C@H]([C@H](O)[C@H](O)CNC(=O)Cc3ccc(Cl)cc3)O2)nn1. The maximum Gasteiger partial charge on any atom is 0.407 e. The number of hydrogen-bond donors (Lipinski definition) is 8. The number of aliphatic hydroxyl groups excluding tert-OH is 4. The van der Waals surface area contributed by atoms with Crippen LogP contribution in [0, 0.1) is 0 Å². The molecule has 3 amide bonds. The maximum atomic E-state index is 12.5. The van der Waals surface area contributed by atoms with Crippen LogP contribution in [0.3, 0.4) is 0 Å². The van der Waals surface area contributed by atoms with E-state index in [2.05, 4.69) is 26.3 Å². The van der Waals surface area contributed by atoms with E-state index in [1.807, 2.05) is 0 Å². The molecule has 0 saturated carbocycles. The number of carboxylic acids is 1. The molecular weight excluding hydrogens is 908 g/mol. The molecule has 8 N–H and O–H groups in total. The van der Waals surface area contributed by atoms with Crippen molar-refractivity contribution in [2.75, 3.05) is 85.8 Å². The lowest BCUT2D eigenvalue weighted by Crippen LogP contribution is -2.68. The summed E-state index contributed by atoms with van der Waals surface area (Å²) in [4.78, 5) is 48.7. The number of nitrogens with one attached hydrogen (secondary N) is 3. The number of carbonyl (C=O) groups excluding carboxylic acids is 3. The van der Waals surface area contributed by atoms with Gasteiger partial charge in [-0.3, -0.25) is 9.59 Å². The first-order valence-electron chi connectivity index (χ1n) is 22.3. The van der Waals surface area contributed by atoms with Gasteiger partial charge in [0.05, 0.1) is 103 Å². The van der Waals surface area contributed by atoms with Crippen molar-refractivity contribution in [1.82, 2.24) is 30.9 Å². The Kier molecular flexibility index (Phi) is 26.6. The topological polar surface area (TPSA) is 310 Å². The zero-order valence-corrected chi connectivity index (χ0v) is 39.2. The number of amides is 3. The van der Waals surface area contributed by atoms with Gasteiger partial charge in [0.2, 0.25) is 11.8 Å². The Hall–Kier alpha value is -4.11. The van der Waals surface area contributed by atoms with Crippen LogP contribution < -0.4 is 16.0 Å². The fourth-order valence-electron chi connectivity index (χ4n) is 6.40. The lowest BCUT2D eigenvalue weighted by atomic mass is 9.88. The second-order valence-electron chi connectivity index (χ2n) is 16.5. The number of benzene rings is 1. The number of alkyl carbamates (subject to hydrolysis) is 1. The van der Waals surface area contributed by atoms with Crippen LogP contribution in [0.5, 0.6) is 0 Å². The minimum Gasteiger partial charge on any atom is -0.477 e. The molecule has 67 heavy (non-hydrogen) atoms. The summed E-state index contributed by atoms with van der Waals surface area (Å²) in [5, 5.41) is 68.5. The van der Waals surface area contributed by atoms with E-state index in [0.29, 0.717) is 115 Å². The number of aromatic nitrogens is 3. The van der Waals surface area contributed by atoms with Crippen LogP contribution in [0.15, 0.2) is 30.5 Å². The van der Waals surface area contributed by atoms with Crippen molar-refractivity contribution in [3.05, 3.63) is 46.7 Å². The quantitative estimate of drug-likeness (QED) is 0.0432. The van der Waals surface area contributed by atoms with Crippen molar-refractivity contribution >= 4 is 35.5 Å². The Morgan fingerprint density at radius 2 is 1.49 bits per heavy atom. The van der Waals surface area contributed by atoms with E-state index in [9.17, 15) is 44.7 Å². The van der Waals surface area contributed by atoms with Crippen LogP contribution in [0.1, 0.15) is 64.1 Å². The summed E-state index contributed by atoms with van der Waals surface area (Å²) in [6, 6.07) is 5.07. The van der Waals surface area contributed by atoms with Crippen molar-refractivity contribution in [2.24, 2.45) is 0 Å². The number of ether oxygens (including phenoxy) is 8. The third kappa shape index (κ3) is 23.2. The van der Waals surface area contributed by atoms with Gasteiger partial charge in [-0.05, 0) is 51.3 Å². The van der Waals surface area contributed by atoms with Gasteiger partial charge in [0, 0.05) is 31.1 Å². The molecule has 380 valence electrons. The number of aliphatic hydroxyl groups is 4. The van der Waals surface area contributed by atoms with E-state index in [0.717, 1.165) is 0 Å². The smallest absolute Gasteiger partial charge is 0.407 e. The van der Waals surface area contributed by atoms with Crippen LogP contribution in [-0.2, 0) is 71.9 Å². The highest BCUT2D eigenvalue weighted by molar-refractivity contribution is 6.30. The summed E-state index contributed by atoms with van der Waals surface area (Å²) >= 11 is 5.89. The molecule has 1 fully saturated rings. The Balaban J connectivity index is 1.25. The molecular formula is C43H69ClN6O17. The molecule has 1 saturated heterocycles. The molecule has 0 aliphatic carbocycles. The van der Waals surface area contributed by atoms with Gasteiger partial charge < -0.3 is 79.4 Å². The van der Waals surface area contributed by atoms with Gasteiger partial charge in [-0.15, -0.1) is 5.10 Å². The summed E-state index contributed by atoms with van der Waals surface area (Å²) in [7, 11) is 0. The molecule has 2 aromatic rings. The Morgan fingerprint density at radius 3 is 2.12 bits per heavy atom. The number of aliphatic carboxylic acids is 1. The number of unbranched alkanes of at least 4 members (excludes halogenated alkanes) is 3. The summed E-state index contributed by atoms with van der Waals surface area (Å²) in [5.41, 5.74) is 0.746. The Labute approximate surface area is 395 Å². The van der Waals surface area contributed by atoms with Crippen LogP contribution >= 0.6 is 11.6 Å². The highest BCUT2D eigenvalue weighted by Gasteiger charge is 2.55. The van der Waals surface area contributed by atoms with E-state index in [-0.39, 0.29) is 19.6 Å². The second kappa shape index (κ2) is 31.1. The Morgan fingerprint density at radius 1 is 0.866 bits per heavy atom. The normalized spacial score (nSPS) is 19.4. The molecule has 0 spiro atoms. The van der Waals surface area contributed by atoms with Gasteiger partial charge in [0.25, 0.3) is 5.79 Å². The van der Waals surface area contributed by atoms with E-state index in [1.54, 1.807) is 55.9 Å². The first kappa shape index (κ1) is 57.2. The first-order chi connectivity index (χ1) is 32.0. The van der Waals surface area contributed by atoms with Crippen LogP contribution in [0.25, 0.3) is 0 Å². The number of nitrogens with zero attached hydrogens (tertiary/aromatic N) is 3. The molecule has 23 nitrogen and oxygen atoms in total. The van der Waals surface area contributed by atoms with Crippen molar-refractivity contribution in [3.8, 4) is 0 Å². The van der Waals surface area contributed by atoms with Gasteiger partial charge in [-0.25, -0.2) is 14.3 Å². The average Bonchev–Trinajstić information content (AvgIpc) is 3.74. The Bertz CT molecular complexity index is 1740. The lowest BCUT2D eigenvalue weighted by Gasteiger charge is -2.46. The van der Waals surface area contributed by atoms with Crippen molar-refractivity contribution in [3.63, 3.8) is 0 Å². The van der Waals surface area contributed by atoms with Crippen LogP contribution in [-0.4, -0.2) is 192 Å². The monoisotopic (exact) mass is 976 g/mol. The zero-order chi connectivity index (χ0) is 49.1. The largest absolute Gasteiger partial charge is 0.477 e. The van der Waals surface area contributed by atoms with Crippen molar-refractivity contribution < 1.29 is 82.6 Å². The summed E-state index contributed by atoms with van der Waals surface area (Å²) in [5.74, 6) is -5.50. The molecule has 0 radical (unpaired) electrons. The standard InChI is InChI=1S/C43H69ClN6O17/c1-42(2,3)67-41(59)45-12-16-60-18-20-62-22-23-63-21-19-61-17-13-50-27-32(48-49-50)29-64-14-6-4-5-7-15-65-43(40(57)58)25-33(52)37(47-36(55)28-51)39(66-43)38(56)34(53)26-46-35(54)24-30-8-10-31(44)11-9-30/h8-11,27,33-34,37-39,51-53,56H,4-7,12-26,28-29H2,1-3H3,(H,45,59)(H,46,54)(H,47,55)(H,57,58)/t33-,34+,37+,38+,39+,43+/m0/s1. The lowest BCUT2D eigenvalue weighted by molar-refractivity contribution is -0.310. The molecule has 0 bridgehead atoms. The molecule has 3 rings (SSSR count). The minimum absolute atomic E-state index is 0.0581. The van der Waals surface area contributed by atoms with Gasteiger partial charge in [-0.2, -0.15) is 0 Å². The van der Waals surface area contributed by atoms with Gasteiger partial charge in [-0.1, -0.05) is 41.8 Å². The van der Waals surface area contributed by atoms with Gasteiger partial charge >= 0.3 is 12.1 Å². The zero-order valence-electron chi connectivity index (χ0n) is 38.5. The van der Waals surface area contributed by atoms with Crippen molar-refractivity contribution in [1.29, 1.82) is 0 Å². The van der Waals surface area contributed by atoms with Crippen LogP contribution in [0.4, 0.5) is 4.79 Å². The van der Waals surface area contributed by atoms with E-state index in [4.69, 9.17) is 49.5 Å². The average molecular weight is 978 g/mol. The predicted octanol–water partition coefficient (Wildman–Crippen LogP) is 0.105. The number of hydrogen-bond acceptors (Lipinski definition) is 18. The number of carbonyl (C=O) groups is 4. The fourth-order valence-corrected chi connectivity index (χ4v) is 6.53. The number of rotatable bonds is 34. The molecule has 1 aromatic carbocycles. The summed E-state index contributed by atoms with van der Waals surface area (Å²) in [6.45, 7) is 8.56. The maximum absolute atomic E-state index is 12.5. The third-order valence-electron chi connectivity index (χ3n) is 9.74. The molecule has 24 heteroatoms. The predicted molar refractivity (Wildman–Crippen MR) is 237 cm³/mol. The summed E-state index contributed by atoms with van der Waals surface area (Å²) in [6.07, 6.45) is -4.02. The third-order valence-corrected chi connectivity index (χ3v) is 9.99. The van der Waals surface area contributed by atoms with E-state index in [1.165, 1.54) is 0 Å². The van der Waals surface area contributed by atoms with E-state index >= 15 is 0 Å². The molecule has 1 aromatic heterocycles. The highest BCUT2D eigenvalue weighted by atomic mass is 35.5. The first-order valence-corrected chi connectivity index (χ1v) is 22.6. The molecule has 6 atom stereocenters. The highest BCUT2D eigenvalue weighted by Crippen LogP contribution is 2.34. The number of carboxylic acid groups (broad SMARTS) is 1. The number of halogens is 1.